The van der Waals surface area contributed by atoms with Crippen molar-refractivity contribution < 1.29 is 22.4 Å². The van der Waals surface area contributed by atoms with E-state index in [1.54, 1.807) is 78.9 Å². The van der Waals surface area contributed by atoms with E-state index in [-0.39, 0.29) is 22.5 Å². The average Bonchev–Trinajstić information content (AvgIpc) is 3.51. The summed E-state index contributed by atoms with van der Waals surface area (Å²) >= 11 is 0. The van der Waals surface area contributed by atoms with Crippen LogP contribution < -0.4 is 10.6 Å². The van der Waals surface area contributed by atoms with Crippen molar-refractivity contribution in [2.45, 2.75) is 6.18 Å². The third-order valence-corrected chi connectivity index (χ3v) is 6.11. The van der Waals surface area contributed by atoms with Crippen molar-refractivity contribution in [3.8, 4) is 16.9 Å². The highest BCUT2D eigenvalue weighted by Gasteiger charge is 2.47. The van der Waals surface area contributed by atoms with Gasteiger partial charge in [-0.25, -0.2) is 9.48 Å². The Hall–Kier alpha value is -5.25. The highest BCUT2D eigenvalue weighted by atomic mass is 19.4. The Morgan fingerprint density at radius 3 is 2.15 bits per heavy atom. The van der Waals surface area contributed by atoms with Crippen molar-refractivity contribution in [2.24, 2.45) is 5.10 Å². The van der Waals surface area contributed by atoms with Gasteiger partial charge in [0.2, 0.25) is 0 Å². The largest absolute Gasteiger partial charge is 0.435 e. The van der Waals surface area contributed by atoms with Gasteiger partial charge < -0.3 is 4.42 Å². The van der Waals surface area contributed by atoms with E-state index in [0.717, 1.165) is 6.08 Å². The average molecular weight is 526 g/mol. The van der Waals surface area contributed by atoms with Crippen LogP contribution in [0.2, 0.25) is 0 Å². The van der Waals surface area contributed by atoms with Gasteiger partial charge in [0.25, 0.3) is 5.91 Å². The minimum Gasteiger partial charge on any atom is -0.422 e. The molecule has 0 saturated carbocycles. The van der Waals surface area contributed by atoms with Gasteiger partial charge in [-0.05, 0) is 42.5 Å². The second kappa shape index (κ2) is 9.25. The number of benzene rings is 3. The number of amides is 1. The van der Waals surface area contributed by atoms with Crippen molar-refractivity contribution in [3.05, 3.63) is 119 Å². The minimum atomic E-state index is -4.91. The number of rotatable bonds is 4. The Morgan fingerprint density at radius 2 is 1.46 bits per heavy atom. The Kier molecular flexibility index (Phi) is 5.72. The smallest absolute Gasteiger partial charge is 0.422 e. The molecule has 0 spiro atoms. The number of hydrogen-bond donors (Lipinski definition) is 0. The first kappa shape index (κ1) is 24.1. The molecule has 0 saturated heterocycles. The topological polar surface area (TPSA) is 80.7 Å². The van der Waals surface area contributed by atoms with Crippen molar-refractivity contribution in [3.63, 3.8) is 0 Å². The minimum absolute atomic E-state index is 0.0334. The number of alkyl halides is 3. The molecule has 1 amide bonds. The van der Waals surface area contributed by atoms with Crippen LogP contribution in [0.1, 0.15) is 5.56 Å². The summed E-state index contributed by atoms with van der Waals surface area (Å²) in [5.74, 6) is -0.961. The SMILES string of the molecule is O=C1/C(=C/c2cn(-c3ccccc3)nc2-c2cc3ccccc3oc2=O)C(C(F)(F)F)=NN1c1ccccc1. The molecule has 3 aromatic carbocycles. The molecule has 3 heterocycles. The molecule has 1 aliphatic heterocycles. The van der Waals surface area contributed by atoms with E-state index < -0.39 is 29.0 Å². The zero-order chi connectivity index (χ0) is 27.1. The van der Waals surface area contributed by atoms with E-state index in [1.165, 1.54) is 23.0 Å². The molecule has 10 heteroatoms. The van der Waals surface area contributed by atoms with Gasteiger partial charge >= 0.3 is 11.8 Å². The highest BCUT2D eigenvalue weighted by molar-refractivity contribution is 6.34. The number of fused-ring (bicyclic) bond motifs is 1. The molecule has 7 nitrogen and oxygen atoms in total. The fraction of sp³-hybridized carbons (Fsp3) is 0.0345. The number of carbonyl (C=O) groups excluding carboxylic acids is 1. The van der Waals surface area contributed by atoms with Crippen molar-refractivity contribution in [2.75, 3.05) is 5.01 Å². The molecule has 0 aliphatic carbocycles. The number of aromatic nitrogens is 2. The molecule has 0 bridgehead atoms. The van der Waals surface area contributed by atoms with E-state index in [1.807, 2.05) is 0 Å². The molecule has 6 rings (SSSR count). The Bertz CT molecular complexity index is 1840. The number of hydrogen-bond acceptors (Lipinski definition) is 5. The molecular weight excluding hydrogens is 509 g/mol. The first-order valence-electron chi connectivity index (χ1n) is 11.8. The van der Waals surface area contributed by atoms with Gasteiger partial charge in [0.15, 0.2) is 5.71 Å². The lowest BCUT2D eigenvalue weighted by Crippen LogP contribution is -2.25. The number of halogens is 3. The first-order chi connectivity index (χ1) is 18.8. The molecule has 192 valence electrons. The predicted molar refractivity (Wildman–Crippen MR) is 140 cm³/mol. The zero-order valence-electron chi connectivity index (χ0n) is 20.0. The summed E-state index contributed by atoms with van der Waals surface area (Å²) < 4.78 is 49.1. The van der Waals surface area contributed by atoms with Crippen molar-refractivity contribution in [1.29, 1.82) is 0 Å². The second-order valence-corrected chi connectivity index (χ2v) is 8.66. The molecule has 0 N–H and O–H groups in total. The fourth-order valence-corrected chi connectivity index (χ4v) is 4.30. The third kappa shape index (κ3) is 4.42. The molecule has 0 unspecified atom stereocenters. The highest BCUT2D eigenvalue weighted by Crippen LogP contribution is 2.34. The van der Waals surface area contributed by atoms with Gasteiger partial charge in [-0.15, -0.1) is 0 Å². The van der Waals surface area contributed by atoms with Crippen LogP contribution in [0.3, 0.4) is 0 Å². The van der Waals surface area contributed by atoms with Gasteiger partial charge in [0.1, 0.15) is 11.3 Å². The lowest BCUT2D eigenvalue weighted by atomic mass is 10.0. The quantitative estimate of drug-likeness (QED) is 0.213. The summed E-state index contributed by atoms with van der Waals surface area (Å²) in [5.41, 5.74) is -1.42. The maximum Gasteiger partial charge on any atom is 0.435 e. The van der Waals surface area contributed by atoms with Gasteiger partial charge in [-0.1, -0.05) is 54.6 Å². The maximum absolute atomic E-state index is 14.1. The van der Waals surface area contributed by atoms with Crippen LogP contribution in [-0.2, 0) is 4.79 Å². The maximum atomic E-state index is 14.1. The summed E-state index contributed by atoms with van der Waals surface area (Å²) in [7, 11) is 0. The van der Waals surface area contributed by atoms with Crippen LogP contribution in [-0.4, -0.2) is 27.6 Å². The van der Waals surface area contributed by atoms with Gasteiger partial charge in [-0.3, -0.25) is 4.79 Å². The van der Waals surface area contributed by atoms with Crippen LogP contribution in [0.4, 0.5) is 18.9 Å². The normalized spacial score (nSPS) is 14.8. The lowest BCUT2D eigenvalue weighted by molar-refractivity contribution is -0.114. The van der Waals surface area contributed by atoms with Crippen LogP contribution in [0.15, 0.2) is 117 Å². The molecule has 0 radical (unpaired) electrons. The van der Waals surface area contributed by atoms with E-state index >= 15 is 0 Å². The van der Waals surface area contributed by atoms with Crippen LogP contribution >= 0.6 is 0 Å². The number of carbonyl (C=O) groups is 1. The van der Waals surface area contributed by atoms with E-state index in [2.05, 4.69) is 10.2 Å². The third-order valence-electron chi connectivity index (χ3n) is 6.11. The summed E-state index contributed by atoms with van der Waals surface area (Å²) in [6.45, 7) is 0. The Morgan fingerprint density at radius 1 is 0.821 bits per heavy atom. The Balaban J connectivity index is 1.56. The number of hydrazone groups is 1. The first-order valence-corrected chi connectivity index (χ1v) is 11.8. The van der Waals surface area contributed by atoms with E-state index in [4.69, 9.17) is 4.42 Å². The molecule has 0 fully saturated rings. The second-order valence-electron chi connectivity index (χ2n) is 8.66. The van der Waals surface area contributed by atoms with Crippen LogP contribution in [0, 0.1) is 0 Å². The van der Waals surface area contributed by atoms with Gasteiger partial charge in [0.05, 0.1) is 22.5 Å². The standard InChI is InChI=1S/C29H17F3N4O3/c30-29(31,32)26-23(27(37)36(34-26)21-12-5-2-6-13-21)16-19-17-35(20-10-3-1-4-11-20)33-25(19)22-15-18-9-7-8-14-24(18)39-28(22)38/h1-17H/b23-16+. The van der Waals surface area contributed by atoms with E-state index in [9.17, 15) is 22.8 Å². The Labute approximate surface area is 218 Å². The summed E-state index contributed by atoms with van der Waals surface area (Å²) in [4.78, 5) is 26.2. The van der Waals surface area contributed by atoms with Crippen LogP contribution in [0.5, 0.6) is 0 Å². The summed E-state index contributed by atoms with van der Waals surface area (Å²) in [6.07, 6.45) is -2.39. The van der Waals surface area contributed by atoms with Crippen molar-refractivity contribution in [1.82, 2.24) is 9.78 Å². The van der Waals surface area contributed by atoms with Crippen molar-refractivity contribution >= 4 is 34.4 Å². The zero-order valence-corrected chi connectivity index (χ0v) is 20.0. The molecule has 2 aromatic heterocycles. The lowest BCUT2D eigenvalue weighted by Gasteiger charge is -2.10. The van der Waals surface area contributed by atoms with Gasteiger partial charge in [0, 0.05) is 17.1 Å². The van der Waals surface area contributed by atoms with Crippen LogP contribution in [0.25, 0.3) is 34.0 Å². The molecular formula is C29H17F3N4O3. The molecule has 1 aliphatic rings. The summed E-state index contributed by atoms with van der Waals surface area (Å²) in [6, 6.07) is 25.1. The summed E-state index contributed by atoms with van der Waals surface area (Å²) in [5, 5.41) is 9.44. The van der Waals surface area contributed by atoms with E-state index in [0.29, 0.717) is 21.7 Å². The monoisotopic (exact) mass is 526 g/mol. The fourth-order valence-electron chi connectivity index (χ4n) is 4.30. The van der Waals surface area contributed by atoms with Gasteiger partial charge in [-0.2, -0.15) is 28.4 Å². The molecule has 5 aromatic rings. The number of para-hydroxylation sites is 3. The predicted octanol–water partition coefficient (Wildman–Crippen LogP) is 5.99. The molecule has 0 atom stereocenters. The molecule has 39 heavy (non-hydrogen) atoms. The number of anilines is 1. The number of nitrogens with zero attached hydrogens (tertiary/aromatic N) is 4.